The van der Waals surface area contributed by atoms with Gasteiger partial charge in [-0.3, -0.25) is 10.1 Å². The molecule has 10 heteroatoms. The number of aliphatic carboxylic acids is 1. The third kappa shape index (κ3) is 5.51. The Balaban J connectivity index is 1.89. The first-order valence-electron chi connectivity index (χ1n) is 9.44. The summed E-state index contributed by atoms with van der Waals surface area (Å²) in [7, 11) is 0. The fourth-order valence-electron chi connectivity index (χ4n) is 2.86. The Morgan fingerprint density at radius 3 is 2.22 bits per heavy atom. The maximum atomic E-state index is 13.0. The van der Waals surface area contributed by atoms with Crippen LogP contribution >= 0.6 is 0 Å². The van der Waals surface area contributed by atoms with Gasteiger partial charge in [0.1, 0.15) is 6.61 Å². The minimum absolute atomic E-state index is 0.0605. The second kappa shape index (κ2) is 9.94. The predicted octanol–water partition coefficient (Wildman–Crippen LogP) is 3.84. The van der Waals surface area contributed by atoms with Gasteiger partial charge in [-0.1, -0.05) is 30.3 Å². The number of non-ortho nitro benzene ring substituents is 1. The van der Waals surface area contributed by atoms with Gasteiger partial charge in [0.15, 0.2) is 0 Å². The number of carboxylic acids is 1. The summed E-state index contributed by atoms with van der Waals surface area (Å²) in [4.78, 5) is 36.3. The van der Waals surface area contributed by atoms with Crippen LogP contribution in [0.4, 0.5) is 27.5 Å². The van der Waals surface area contributed by atoms with Crippen LogP contribution in [0, 0.1) is 10.1 Å². The highest BCUT2D eigenvalue weighted by Gasteiger charge is 2.32. The minimum Gasteiger partial charge on any atom is -0.478 e. The van der Waals surface area contributed by atoms with E-state index in [1.165, 1.54) is 48.5 Å². The van der Waals surface area contributed by atoms with E-state index >= 15 is 0 Å². The van der Waals surface area contributed by atoms with Gasteiger partial charge in [0, 0.05) is 29.2 Å². The number of carbonyl (C=O) groups excluding carboxylic acids is 1. The lowest BCUT2D eigenvalue weighted by Gasteiger charge is -2.29. The molecule has 0 saturated heterocycles. The monoisotopic (exact) mass is 436 g/mol. The summed E-state index contributed by atoms with van der Waals surface area (Å²) in [6.07, 6.45) is -2.47. The zero-order chi connectivity index (χ0) is 23.1. The number of nitrogen functional groups attached to an aromatic ring is 1. The molecule has 4 N–H and O–H groups in total. The Hall–Kier alpha value is -4.60. The molecule has 32 heavy (non-hydrogen) atoms. The van der Waals surface area contributed by atoms with Crippen LogP contribution in [0.1, 0.15) is 5.56 Å². The molecule has 0 spiro atoms. The lowest BCUT2D eigenvalue weighted by Crippen LogP contribution is -2.50. The summed E-state index contributed by atoms with van der Waals surface area (Å²) in [5.41, 5.74) is 7.22. The Morgan fingerprint density at radius 2 is 1.66 bits per heavy atom. The van der Waals surface area contributed by atoms with E-state index in [0.717, 1.165) is 10.5 Å². The summed E-state index contributed by atoms with van der Waals surface area (Å²) in [6, 6.07) is 20.1. The fourth-order valence-corrected chi connectivity index (χ4v) is 2.86. The highest BCUT2D eigenvalue weighted by molar-refractivity contribution is 5.96. The smallest absolute Gasteiger partial charge is 0.416 e. The van der Waals surface area contributed by atoms with E-state index in [0.29, 0.717) is 5.69 Å². The zero-order valence-corrected chi connectivity index (χ0v) is 16.8. The van der Waals surface area contributed by atoms with Crippen LogP contribution in [0.2, 0.25) is 0 Å². The van der Waals surface area contributed by atoms with Crippen LogP contribution in [0.25, 0.3) is 0 Å². The van der Waals surface area contributed by atoms with Crippen molar-refractivity contribution in [3.63, 3.8) is 0 Å². The summed E-state index contributed by atoms with van der Waals surface area (Å²) < 4.78 is 5.36. The van der Waals surface area contributed by atoms with Gasteiger partial charge in [-0.25, -0.2) is 14.5 Å². The van der Waals surface area contributed by atoms with Crippen molar-refractivity contribution in [1.82, 2.24) is 0 Å². The molecule has 3 rings (SSSR count). The first-order valence-corrected chi connectivity index (χ1v) is 9.44. The third-order valence-corrected chi connectivity index (χ3v) is 4.45. The molecule has 0 aliphatic heterocycles. The van der Waals surface area contributed by atoms with E-state index in [4.69, 9.17) is 10.5 Å². The molecule has 0 radical (unpaired) electrons. The van der Waals surface area contributed by atoms with Crippen LogP contribution in [0.3, 0.4) is 0 Å². The number of benzene rings is 3. The summed E-state index contributed by atoms with van der Waals surface area (Å²) >= 11 is 0. The number of anilines is 3. The molecule has 0 saturated carbocycles. The van der Waals surface area contributed by atoms with Gasteiger partial charge in [0.2, 0.25) is 6.17 Å². The molecule has 1 amide bonds. The van der Waals surface area contributed by atoms with E-state index in [2.05, 4.69) is 5.32 Å². The third-order valence-electron chi connectivity index (χ3n) is 4.45. The van der Waals surface area contributed by atoms with E-state index in [1.54, 1.807) is 24.3 Å². The number of nitrogens with one attached hydrogen (secondary N) is 1. The maximum Gasteiger partial charge on any atom is 0.416 e. The largest absolute Gasteiger partial charge is 0.478 e. The molecule has 1 atom stereocenters. The van der Waals surface area contributed by atoms with Gasteiger partial charge in [-0.15, -0.1) is 0 Å². The van der Waals surface area contributed by atoms with E-state index in [1.807, 2.05) is 6.07 Å². The highest BCUT2D eigenvalue weighted by atomic mass is 16.6. The van der Waals surface area contributed by atoms with Gasteiger partial charge >= 0.3 is 12.1 Å². The molecule has 0 fully saturated rings. The Labute approximate surface area is 183 Å². The van der Waals surface area contributed by atoms with Gasteiger partial charge in [-0.05, 0) is 42.0 Å². The number of carbonyl (C=O) groups is 2. The quantitative estimate of drug-likeness (QED) is 0.209. The van der Waals surface area contributed by atoms with Crippen LogP contribution in [-0.2, 0) is 16.1 Å². The summed E-state index contributed by atoms with van der Waals surface area (Å²) in [6.45, 7) is -0.0605. The number of carboxylic acid groups (broad SMARTS) is 1. The first-order chi connectivity index (χ1) is 15.3. The van der Waals surface area contributed by atoms with Crippen molar-refractivity contribution in [3.05, 3.63) is 94.5 Å². The molecule has 3 aromatic carbocycles. The maximum absolute atomic E-state index is 13.0. The Bertz CT molecular complexity index is 1090. The topological polar surface area (TPSA) is 148 Å². The second-order valence-corrected chi connectivity index (χ2v) is 6.69. The minimum atomic E-state index is -1.57. The molecule has 10 nitrogen and oxygen atoms in total. The molecule has 0 aliphatic carbocycles. The SMILES string of the molecule is Nc1ccc(N(C(=O)OCc2ccccc2)C(Nc2ccc([N+](=O)[O-])cc2)C(=O)O)cc1. The van der Waals surface area contributed by atoms with Crippen molar-refractivity contribution in [1.29, 1.82) is 0 Å². The number of hydrogen-bond donors (Lipinski definition) is 3. The van der Waals surface area contributed by atoms with E-state index < -0.39 is 23.2 Å². The molecular weight excluding hydrogens is 416 g/mol. The van der Waals surface area contributed by atoms with Crippen LogP contribution in [0.5, 0.6) is 0 Å². The van der Waals surface area contributed by atoms with Gasteiger partial charge in [-0.2, -0.15) is 0 Å². The number of nitro groups is 1. The van der Waals surface area contributed by atoms with Crippen molar-refractivity contribution in [2.75, 3.05) is 16.0 Å². The Morgan fingerprint density at radius 1 is 1.03 bits per heavy atom. The second-order valence-electron chi connectivity index (χ2n) is 6.69. The lowest BCUT2D eigenvalue weighted by atomic mass is 10.2. The van der Waals surface area contributed by atoms with Crippen LogP contribution in [0.15, 0.2) is 78.9 Å². The lowest BCUT2D eigenvalue weighted by molar-refractivity contribution is -0.384. The summed E-state index contributed by atoms with van der Waals surface area (Å²) in [5.74, 6) is -1.36. The number of nitro benzene ring substituents is 1. The average molecular weight is 436 g/mol. The highest BCUT2D eigenvalue weighted by Crippen LogP contribution is 2.23. The molecule has 0 aromatic heterocycles. The van der Waals surface area contributed by atoms with Crippen molar-refractivity contribution >= 4 is 34.8 Å². The normalized spacial score (nSPS) is 11.2. The van der Waals surface area contributed by atoms with E-state index in [-0.39, 0.29) is 23.7 Å². The van der Waals surface area contributed by atoms with Crippen molar-refractivity contribution in [2.24, 2.45) is 0 Å². The molecule has 0 heterocycles. The van der Waals surface area contributed by atoms with Crippen LogP contribution in [-0.4, -0.2) is 28.3 Å². The number of nitrogens with zero attached hydrogens (tertiary/aromatic N) is 2. The molecule has 3 aromatic rings. The Kier molecular flexibility index (Phi) is 6.86. The molecule has 164 valence electrons. The van der Waals surface area contributed by atoms with Crippen molar-refractivity contribution < 1.29 is 24.4 Å². The number of ether oxygens (including phenoxy) is 1. The van der Waals surface area contributed by atoms with Crippen LogP contribution < -0.4 is 16.0 Å². The standard InChI is InChI=1S/C22H20N4O6/c23-16-6-10-18(11-7-16)25(22(29)32-14-15-4-2-1-3-5-15)20(21(27)28)24-17-8-12-19(13-9-17)26(30)31/h1-13,20,24H,14,23H2,(H,27,28). The molecule has 0 aliphatic rings. The molecule has 0 bridgehead atoms. The number of rotatable bonds is 8. The first kappa shape index (κ1) is 22.1. The molecular formula is C22H20N4O6. The number of amides is 1. The van der Waals surface area contributed by atoms with Gasteiger partial charge in [0.05, 0.1) is 4.92 Å². The zero-order valence-electron chi connectivity index (χ0n) is 16.8. The molecule has 1 unspecified atom stereocenters. The van der Waals surface area contributed by atoms with Crippen molar-refractivity contribution in [3.8, 4) is 0 Å². The van der Waals surface area contributed by atoms with Crippen molar-refractivity contribution in [2.45, 2.75) is 12.8 Å². The predicted molar refractivity (Wildman–Crippen MR) is 118 cm³/mol. The number of hydrogen-bond acceptors (Lipinski definition) is 7. The fraction of sp³-hybridized carbons (Fsp3) is 0.0909. The van der Waals surface area contributed by atoms with Gasteiger partial charge < -0.3 is 20.9 Å². The van der Waals surface area contributed by atoms with Gasteiger partial charge in [0.25, 0.3) is 5.69 Å². The average Bonchev–Trinajstić information content (AvgIpc) is 2.79. The summed E-state index contributed by atoms with van der Waals surface area (Å²) in [5, 5.41) is 23.4. The number of nitrogens with two attached hydrogens (primary N) is 1. The van der Waals surface area contributed by atoms with E-state index in [9.17, 15) is 24.8 Å².